The van der Waals surface area contributed by atoms with E-state index in [0.29, 0.717) is 5.01 Å². The van der Waals surface area contributed by atoms with Crippen molar-refractivity contribution in [2.75, 3.05) is 0 Å². The fourth-order valence-electron chi connectivity index (χ4n) is 1.67. The number of rotatable bonds is 6. The van der Waals surface area contributed by atoms with Crippen molar-refractivity contribution < 1.29 is 17.9 Å². The summed E-state index contributed by atoms with van der Waals surface area (Å²) in [6.45, 7) is 1.52. The number of benzene rings is 1. The van der Waals surface area contributed by atoms with Crippen LogP contribution < -0.4 is 4.72 Å². The highest BCUT2D eigenvalue weighted by molar-refractivity contribution is 7.89. The summed E-state index contributed by atoms with van der Waals surface area (Å²) in [6, 6.07) is 3.31. The Kier molecular flexibility index (Phi) is 5.04. The molecular weight excluding hydrogens is 315 g/mol. The number of nitrogens with zero attached hydrogens (tertiary/aromatic N) is 1. The topological polar surface area (TPSA) is 79.3 Å². The number of sulfonamides is 1. The molecule has 0 aliphatic carbocycles. The first-order chi connectivity index (χ1) is 9.96. The Bertz CT molecular complexity index is 729. The zero-order valence-electron chi connectivity index (χ0n) is 11.3. The molecule has 2 N–H and O–H groups in total. The van der Waals surface area contributed by atoms with Gasteiger partial charge in [0.15, 0.2) is 0 Å². The van der Waals surface area contributed by atoms with Crippen LogP contribution in [0.3, 0.4) is 0 Å². The number of hydrogen-bond donors (Lipinski definition) is 2. The lowest BCUT2D eigenvalue weighted by Crippen LogP contribution is -2.23. The molecule has 0 saturated carbocycles. The minimum Gasteiger partial charge on any atom is -0.392 e. The molecule has 21 heavy (non-hydrogen) atoms. The second-order valence-corrected chi connectivity index (χ2v) is 7.28. The zero-order chi connectivity index (χ0) is 15.5. The Morgan fingerprint density at radius 1 is 1.43 bits per heavy atom. The average molecular weight is 330 g/mol. The van der Waals surface area contributed by atoms with Gasteiger partial charge in [-0.15, -0.1) is 11.3 Å². The lowest BCUT2D eigenvalue weighted by molar-refractivity contribution is 0.275. The molecule has 114 valence electrons. The maximum absolute atomic E-state index is 13.3. The summed E-state index contributed by atoms with van der Waals surface area (Å²) < 4.78 is 39.9. The van der Waals surface area contributed by atoms with E-state index in [-0.39, 0.29) is 17.0 Å². The van der Waals surface area contributed by atoms with Gasteiger partial charge >= 0.3 is 0 Å². The Morgan fingerprint density at radius 3 is 2.81 bits per heavy atom. The smallest absolute Gasteiger partial charge is 0.240 e. The van der Waals surface area contributed by atoms with E-state index in [2.05, 4.69) is 9.71 Å². The van der Waals surface area contributed by atoms with Crippen molar-refractivity contribution in [3.63, 3.8) is 0 Å². The molecule has 0 unspecified atom stereocenters. The van der Waals surface area contributed by atoms with Gasteiger partial charge in [0.1, 0.15) is 10.8 Å². The zero-order valence-corrected chi connectivity index (χ0v) is 13.0. The minimum absolute atomic E-state index is 0.0552. The third-order valence-corrected chi connectivity index (χ3v) is 5.40. The highest BCUT2D eigenvalue weighted by atomic mass is 32.2. The summed E-state index contributed by atoms with van der Waals surface area (Å²) in [5, 5.41) is 9.65. The maximum atomic E-state index is 13.3. The van der Waals surface area contributed by atoms with Crippen molar-refractivity contribution in [3.05, 3.63) is 45.7 Å². The molecular formula is C13H15FN2O3S2. The lowest BCUT2D eigenvalue weighted by atomic mass is 10.2. The Balaban J connectivity index is 2.14. The van der Waals surface area contributed by atoms with Gasteiger partial charge in [-0.2, -0.15) is 0 Å². The summed E-state index contributed by atoms with van der Waals surface area (Å²) in [5.41, 5.74) is -0.0552. The summed E-state index contributed by atoms with van der Waals surface area (Å²) in [6.07, 6.45) is 2.57. The number of aryl methyl sites for hydroxylation is 1. The molecule has 0 fully saturated rings. The number of nitrogens with one attached hydrogen (secondary N) is 1. The fraction of sp³-hybridized carbons (Fsp3) is 0.308. The standard InChI is InChI=1S/C13H15FN2O3S2/c1-2-10-6-15-13(20-10)7-16-21(18,19)11-3-4-12(14)9(5-11)8-17/h3-6,16-17H,2,7-8H2,1H3. The molecule has 0 saturated heterocycles. The molecule has 1 aromatic carbocycles. The van der Waals surface area contributed by atoms with Gasteiger partial charge in [0.25, 0.3) is 0 Å². The van der Waals surface area contributed by atoms with E-state index in [0.717, 1.165) is 29.5 Å². The van der Waals surface area contributed by atoms with E-state index in [1.54, 1.807) is 6.20 Å². The molecule has 2 aromatic rings. The molecule has 0 aliphatic rings. The van der Waals surface area contributed by atoms with Crippen LogP contribution in [-0.2, 0) is 29.6 Å². The van der Waals surface area contributed by atoms with Gasteiger partial charge in [0.2, 0.25) is 10.0 Å². The van der Waals surface area contributed by atoms with E-state index >= 15 is 0 Å². The van der Waals surface area contributed by atoms with E-state index in [1.807, 2.05) is 6.92 Å². The average Bonchev–Trinajstić information content (AvgIpc) is 2.93. The van der Waals surface area contributed by atoms with Crippen LogP contribution in [0.1, 0.15) is 22.4 Å². The first-order valence-electron chi connectivity index (χ1n) is 6.28. The van der Waals surface area contributed by atoms with Crippen molar-refractivity contribution in [3.8, 4) is 0 Å². The Labute approximate surface area is 126 Å². The van der Waals surface area contributed by atoms with E-state index in [1.165, 1.54) is 11.3 Å². The summed E-state index contributed by atoms with van der Waals surface area (Å²) in [5.74, 6) is -0.635. The molecule has 5 nitrogen and oxygen atoms in total. The van der Waals surface area contributed by atoms with E-state index < -0.39 is 22.4 Å². The molecule has 8 heteroatoms. The summed E-state index contributed by atoms with van der Waals surface area (Å²) in [7, 11) is -3.77. The van der Waals surface area contributed by atoms with Gasteiger partial charge < -0.3 is 5.11 Å². The van der Waals surface area contributed by atoms with Gasteiger partial charge in [-0.25, -0.2) is 22.5 Å². The first kappa shape index (κ1) is 16.0. The van der Waals surface area contributed by atoms with Gasteiger partial charge in [0.05, 0.1) is 18.0 Å². The van der Waals surface area contributed by atoms with Crippen LogP contribution in [0.5, 0.6) is 0 Å². The van der Waals surface area contributed by atoms with Crippen LogP contribution in [0.2, 0.25) is 0 Å². The normalized spacial score (nSPS) is 11.8. The molecule has 0 amide bonds. The van der Waals surface area contributed by atoms with Crippen LogP contribution in [0, 0.1) is 5.82 Å². The van der Waals surface area contributed by atoms with Gasteiger partial charge in [-0.1, -0.05) is 6.92 Å². The molecule has 0 spiro atoms. The molecule has 1 aromatic heterocycles. The van der Waals surface area contributed by atoms with Gasteiger partial charge in [-0.3, -0.25) is 0 Å². The van der Waals surface area contributed by atoms with Crippen molar-refractivity contribution in [1.82, 2.24) is 9.71 Å². The SMILES string of the molecule is CCc1cnc(CNS(=O)(=O)c2ccc(F)c(CO)c2)s1. The van der Waals surface area contributed by atoms with Crippen molar-refractivity contribution >= 4 is 21.4 Å². The van der Waals surface area contributed by atoms with E-state index in [9.17, 15) is 12.8 Å². The summed E-state index contributed by atoms with van der Waals surface area (Å²) >= 11 is 1.44. The van der Waals surface area contributed by atoms with Crippen LogP contribution in [0.4, 0.5) is 4.39 Å². The van der Waals surface area contributed by atoms with Crippen LogP contribution in [0.25, 0.3) is 0 Å². The Morgan fingerprint density at radius 2 is 2.19 bits per heavy atom. The second kappa shape index (κ2) is 6.61. The fourth-order valence-corrected chi connectivity index (χ4v) is 3.60. The maximum Gasteiger partial charge on any atom is 0.240 e. The Hall–Kier alpha value is -1.35. The number of halogens is 1. The highest BCUT2D eigenvalue weighted by Crippen LogP contribution is 2.17. The third-order valence-electron chi connectivity index (χ3n) is 2.86. The predicted molar refractivity (Wildman–Crippen MR) is 77.8 cm³/mol. The molecule has 2 rings (SSSR count). The van der Waals surface area contributed by atoms with E-state index in [4.69, 9.17) is 5.11 Å². The molecule has 0 aliphatic heterocycles. The molecule has 1 heterocycles. The highest BCUT2D eigenvalue weighted by Gasteiger charge is 2.16. The number of aromatic nitrogens is 1. The first-order valence-corrected chi connectivity index (χ1v) is 8.58. The molecule has 0 bridgehead atoms. The molecule has 0 radical (unpaired) electrons. The quantitative estimate of drug-likeness (QED) is 0.847. The number of thiazole rings is 1. The predicted octanol–water partition coefficient (Wildman–Crippen LogP) is 1.82. The van der Waals surface area contributed by atoms with Crippen LogP contribution in [0.15, 0.2) is 29.3 Å². The van der Waals surface area contributed by atoms with Crippen LogP contribution in [-0.4, -0.2) is 18.5 Å². The minimum atomic E-state index is -3.77. The molecule has 0 atom stereocenters. The largest absolute Gasteiger partial charge is 0.392 e. The van der Waals surface area contributed by atoms with Gasteiger partial charge in [0, 0.05) is 16.6 Å². The second-order valence-electron chi connectivity index (χ2n) is 4.31. The lowest BCUT2D eigenvalue weighted by Gasteiger charge is -2.07. The third kappa shape index (κ3) is 3.85. The number of aliphatic hydroxyl groups excluding tert-OH is 1. The number of hydrogen-bond acceptors (Lipinski definition) is 5. The van der Waals surface area contributed by atoms with Crippen molar-refractivity contribution in [2.45, 2.75) is 31.4 Å². The van der Waals surface area contributed by atoms with Crippen molar-refractivity contribution in [1.29, 1.82) is 0 Å². The monoisotopic (exact) mass is 330 g/mol. The van der Waals surface area contributed by atoms with Crippen molar-refractivity contribution in [2.24, 2.45) is 0 Å². The van der Waals surface area contributed by atoms with Crippen LogP contribution >= 0.6 is 11.3 Å². The van der Waals surface area contributed by atoms with Gasteiger partial charge in [-0.05, 0) is 24.6 Å². The number of aliphatic hydroxyl groups is 1. The summed E-state index contributed by atoms with van der Waals surface area (Å²) in [4.78, 5) is 5.12.